The minimum atomic E-state index is -3.58. The molecule has 1 N–H and O–H groups in total. The topological polar surface area (TPSA) is 111 Å². The fourth-order valence-corrected chi connectivity index (χ4v) is 2.01. The van der Waals surface area contributed by atoms with E-state index in [1.165, 1.54) is 7.11 Å². The molecule has 0 saturated heterocycles. The third-order valence-electron chi connectivity index (χ3n) is 1.79. The van der Waals surface area contributed by atoms with E-state index in [0.29, 0.717) is 5.82 Å². The number of nitrogens with zero attached hydrogens (tertiary/aromatic N) is 2. The van der Waals surface area contributed by atoms with Gasteiger partial charge >= 0.3 is 12.0 Å². The van der Waals surface area contributed by atoms with E-state index in [-0.39, 0.29) is 24.6 Å². The summed E-state index contributed by atoms with van der Waals surface area (Å²) >= 11 is 0. The summed E-state index contributed by atoms with van der Waals surface area (Å²) < 4.78 is 34.1. The van der Waals surface area contributed by atoms with Crippen molar-refractivity contribution in [3.05, 3.63) is 5.82 Å². The van der Waals surface area contributed by atoms with E-state index in [1.807, 2.05) is 0 Å². The summed E-state index contributed by atoms with van der Waals surface area (Å²) in [6.07, 6.45) is 0.204. The maximum Gasteiger partial charge on any atom is 0.335 e. The van der Waals surface area contributed by atoms with Gasteiger partial charge in [-0.05, 0) is 13.3 Å². The van der Waals surface area contributed by atoms with Gasteiger partial charge in [0.1, 0.15) is 0 Å². The Kier molecular flexibility index (Phi) is 4.44. The summed E-state index contributed by atoms with van der Waals surface area (Å²) in [6.45, 7) is 1.57. The van der Waals surface area contributed by atoms with Gasteiger partial charge in [0.25, 0.3) is 0 Å². The number of hydrogen-bond acceptors (Lipinski definition) is 7. The molecule has 0 saturated carbocycles. The lowest BCUT2D eigenvalue weighted by molar-refractivity contribution is -0.140. The van der Waals surface area contributed by atoms with Crippen LogP contribution >= 0.6 is 0 Å². The second-order valence-corrected chi connectivity index (χ2v) is 5.09. The van der Waals surface area contributed by atoms with Crippen molar-refractivity contribution in [3.8, 4) is 0 Å². The number of ether oxygens (including phenoxy) is 1. The van der Waals surface area contributed by atoms with Crippen LogP contribution in [0.1, 0.15) is 18.7 Å². The summed E-state index contributed by atoms with van der Waals surface area (Å²) in [7, 11) is -2.33. The molecule has 0 amide bonds. The lowest BCUT2D eigenvalue weighted by atomic mass is 10.3. The lowest BCUT2D eigenvalue weighted by Crippen LogP contribution is -2.17. The highest BCUT2D eigenvalue weighted by Gasteiger charge is 2.15. The van der Waals surface area contributed by atoms with Crippen LogP contribution in [0.4, 0.5) is 6.01 Å². The third-order valence-corrected chi connectivity index (χ3v) is 3.10. The average molecular weight is 263 g/mol. The van der Waals surface area contributed by atoms with Crippen molar-refractivity contribution in [2.24, 2.45) is 0 Å². The number of aromatic nitrogens is 2. The number of rotatable bonds is 6. The van der Waals surface area contributed by atoms with Crippen LogP contribution in [0.3, 0.4) is 0 Å². The van der Waals surface area contributed by atoms with Gasteiger partial charge in [0.05, 0.1) is 12.9 Å². The minimum absolute atomic E-state index is 0.0419. The van der Waals surface area contributed by atoms with Crippen LogP contribution in [0.25, 0.3) is 0 Å². The Morgan fingerprint density at radius 1 is 1.53 bits per heavy atom. The normalized spacial score (nSPS) is 11.2. The van der Waals surface area contributed by atoms with E-state index >= 15 is 0 Å². The Balaban J connectivity index is 2.44. The number of methoxy groups -OCH3 is 1. The molecule has 0 fully saturated rings. The highest BCUT2D eigenvalue weighted by Crippen LogP contribution is 2.07. The quantitative estimate of drug-likeness (QED) is 0.723. The molecular formula is C8H13N3O5S. The molecule has 0 aliphatic rings. The molecule has 17 heavy (non-hydrogen) atoms. The minimum Gasteiger partial charge on any atom is -0.469 e. The van der Waals surface area contributed by atoms with Crippen LogP contribution in [-0.2, 0) is 19.6 Å². The molecule has 9 heteroatoms. The number of hydrogen-bond donors (Lipinski definition) is 1. The summed E-state index contributed by atoms with van der Waals surface area (Å²) in [5.41, 5.74) is 0. The first-order valence-corrected chi connectivity index (χ1v) is 6.46. The zero-order valence-corrected chi connectivity index (χ0v) is 10.3. The first-order valence-electron chi connectivity index (χ1n) is 4.80. The second-order valence-electron chi connectivity index (χ2n) is 3.25. The van der Waals surface area contributed by atoms with E-state index in [4.69, 9.17) is 0 Å². The number of aryl methyl sites for hydroxylation is 1. The molecule has 0 unspecified atom stereocenters. The highest BCUT2D eigenvalue weighted by molar-refractivity contribution is 7.92. The molecule has 1 aromatic rings. The Morgan fingerprint density at radius 2 is 2.24 bits per heavy atom. The Morgan fingerprint density at radius 3 is 2.76 bits per heavy atom. The number of esters is 1. The predicted molar refractivity (Wildman–Crippen MR) is 57.7 cm³/mol. The van der Waals surface area contributed by atoms with E-state index < -0.39 is 16.0 Å². The largest absolute Gasteiger partial charge is 0.469 e. The molecule has 8 nitrogen and oxygen atoms in total. The van der Waals surface area contributed by atoms with Crippen LogP contribution in [0, 0.1) is 6.92 Å². The van der Waals surface area contributed by atoms with Crippen LogP contribution in [0.2, 0.25) is 0 Å². The SMILES string of the molecule is COC(=O)CCCS(=O)(=O)Nc1nc(C)no1. The van der Waals surface area contributed by atoms with Crippen molar-refractivity contribution < 1.29 is 22.5 Å². The van der Waals surface area contributed by atoms with Crippen molar-refractivity contribution in [1.82, 2.24) is 10.1 Å². The molecule has 0 aromatic carbocycles. The smallest absolute Gasteiger partial charge is 0.335 e. The zero-order valence-electron chi connectivity index (χ0n) is 9.47. The summed E-state index contributed by atoms with van der Waals surface area (Å²) in [5.74, 6) is -0.338. The Hall–Kier alpha value is -1.64. The summed E-state index contributed by atoms with van der Waals surface area (Å²) in [6, 6.07) is -0.180. The molecule has 1 aromatic heterocycles. The van der Waals surface area contributed by atoms with Crippen molar-refractivity contribution >= 4 is 22.0 Å². The molecule has 0 atom stereocenters. The zero-order chi connectivity index (χ0) is 12.9. The third kappa shape index (κ3) is 4.81. The van der Waals surface area contributed by atoms with Crippen molar-refractivity contribution in [2.75, 3.05) is 17.6 Å². The Labute approximate surface area is 98.4 Å². The van der Waals surface area contributed by atoms with E-state index in [9.17, 15) is 13.2 Å². The number of carbonyl (C=O) groups is 1. The van der Waals surface area contributed by atoms with Gasteiger partial charge in [-0.2, -0.15) is 4.98 Å². The Bertz CT molecular complexity index is 481. The molecule has 0 aliphatic heterocycles. The first-order chi connectivity index (χ1) is 7.93. The second kappa shape index (κ2) is 5.62. The van der Waals surface area contributed by atoms with Gasteiger partial charge in [0.2, 0.25) is 10.0 Å². The standard InChI is InChI=1S/C8H13N3O5S/c1-6-9-8(16-10-6)11-17(13,14)5-3-4-7(12)15-2/h3-5H2,1-2H3,(H,9,10,11). The molecule has 1 rings (SSSR count). The van der Waals surface area contributed by atoms with Crippen molar-refractivity contribution in [3.63, 3.8) is 0 Å². The van der Waals surface area contributed by atoms with Gasteiger partial charge in [-0.25, -0.2) is 13.1 Å². The van der Waals surface area contributed by atoms with Crippen LogP contribution < -0.4 is 4.72 Å². The van der Waals surface area contributed by atoms with Gasteiger partial charge in [-0.3, -0.25) is 4.79 Å². The lowest BCUT2D eigenvalue weighted by Gasteiger charge is -2.02. The van der Waals surface area contributed by atoms with Crippen LogP contribution in [0.5, 0.6) is 0 Å². The highest BCUT2D eigenvalue weighted by atomic mass is 32.2. The maximum atomic E-state index is 11.5. The van der Waals surface area contributed by atoms with Crippen molar-refractivity contribution in [1.29, 1.82) is 0 Å². The number of carbonyl (C=O) groups excluding carboxylic acids is 1. The van der Waals surface area contributed by atoms with Gasteiger partial charge in [-0.15, -0.1) is 0 Å². The molecule has 0 radical (unpaired) electrons. The molecule has 0 spiro atoms. The summed E-state index contributed by atoms with van der Waals surface area (Å²) in [5, 5.41) is 3.44. The van der Waals surface area contributed by atoms with Crippen LogP contribution in [0.15, 0.2) is 4.52 Å². The fraction of sp³-hybridized carbons (Fsp3) is 0.625. The number of anilines is 1. The van der Waals surface area contributed by atoms with Gasteiger partial charge in [0.15, 0.2) is 5.82 Å². The molecular weight excluding hydrogens is 250 g/mol. The number of sulfonamides is 1. The van der Waals surface area contributed by atoms with Gasteiger partial charge < -0.3 is 9.26 Å². The van der Waals surface area contributed by atoms with E-state index in [2.05, 4.69) is 24.1 Å². The summed E-state index contributed by atoms with van der Waals surface area (Å²) in [4.78, 5) is 14.5. The monoisotopic (exact) mass is 263 g/mol. The van der Waals surface area contributed by atoms with E-state index in [1.54, 1.807) is 6.92 Å². The molecule has 0 aliphatic carbocycles. The molecule has 0 bridgehead atoms. The predicted octanol–water partition coefficient (Wildman–Crippen LogP) is 0.0729. The molecule has 96 valence electrons. The average Bonchev–Trinajstić information content (AvgIpc) is 2.62. The maximum absolute atomic E-state index is 11.5. The molecule has 1 heterocycles. The fourth-order valence-electron chi connectivity index (χ4n) is 1.03. The number of nitrogens with one attached hydrogen (secondary N) is 1. The van der Waals surface area contributed by atoms with Gasteiger partial charge in [0, 0.05) is 6.42 Å². The van der Waals surface area contributed by atoms with E-state index in [0.717, 1.165) is 0 Å². The first kappa shape index (κ1) is 13.4. The van der Waals surface area contributed by atoms with Crippen molar-refractivity contribution in [2.45, 2.75) is 19.8 Å². The van der Waals surface area contributed by atoms with Gasteiger partial charge in [-0.1, -0.05) is 5.16 Å². The van der Waals surface area contributed by atoms with Crippen LogP contribution in [-0.4, -0.2) is 37.4 Å².